The van der Waals surface area contributed by atoms with E-state index in [1.165, 1.54) is 42.0 Å². The van der Waals surface area contributed by atoms with Gasteiger partial charge in [-0.15, -0.1) is 11.3 Å². The summed E-state index contributed by atoms with van der Waals surface area (Å²) in [5.74, 6) is 1.84. The maximum atomic E-state index is 6.26. The molecule has 0 aliphatic rings. The van der Waals surface area contributed by atoms with Crippen LogP contribution in [-0.4, -0.2) is 19.5 Å². The van der Waals surface area contributed by atoms with Gasteiger partial charge in [0.2, 0.25) is 0 Å². The van der Waals surface area contributed by atoms with Gasteiger partial charge in [0.05, 0.1) is 11.0 Å². The summed E-state index contributed by atoms with van der Waals surface area (Å²) in [7, 11) is 0. The maximum absolute atomic E-state index is 6.26. The second kappa shape index (κ2) is 14.2. The zero-order valence-electron chi connectivity index (χ0n) is 33.7. The Hall–Kier alpha value is -8.19. The number of benzene rings is 9. The van der Waals surface area contributed by atoms with Gasteiger partial charge in [-0.25, -0.2) is 15.0 Å². The number of rotatable bonds is 6. The van der Waals surface area contributed by atoms with Crippen molar-refractivity contribution < 1.29 is 4.42 Å². The largest absolute Gasteiger partial charge is 0.456 e. The highest BCUT2D eigenvalue weighted by molar-refractivity contribution is 7.26. The molecule has 0 fully saturated rings. The summed E-state index contributed by atoms with van der Waals surface area (Å²) in [6.07, 6.45) is 0. The average Bonchev–Trinajstić information content (AvgIpc) is 4.03. The lowest BCUT2D eigenvalue weighted by Gasteiger charge is -2.17. The Balaban J connectivity index is 1.12. The number of hydrogen-bond acceptors (Lipinski definition) is 5. The lowest BCUT2D eigenvalue weighted by Crippen LogP contribution is -2.02. The van der Waals surface area contributed by atoms with Gasteiger partial charge in [0.15, 0.2) is 17.5 Å². The molecule has 0 aliphatic carbocycles. The summed E-state index contributed by atoms with van der Waals surface area (Å²) in [5.41, 5.74) is 12.2. The van der Waals surface area contributed by atoms with E-state index in [4.69, 9.17) is 19.4 Å². The molecule has 5 nitrogen and oxygen atoms in total. The lowest BCUT2D eigenvalue weighted by atomic mass is 9.92. The van der Waals surface area contributed by atoms with Crippen LogP contribution >= 0.6 is 11.3 Å². The predicted molar refractivity (Wildman–Crippen MR) is 262 cm³/mol. The Morgan fingerprint density at radius 3 is 1.62 bits per heavy atom. The molecule has 294 valence electrons. The summed E-state index contributed by atoms with van der Waals surface area (Å²) in [4.78, 5) is 15.8. The lowest BCUT2D eigenvalue weighted by molar-refractivity contribution is 0.669. The predicted octanol–water partition coefficient (Wildman–Crippen LogP) is 15.6. The molecule has 0 bridgehead atoms. The summed E-state index contributed by atoms with van der Waals surface area (Å²) in [5, 5.41) is 7.07. The number of aromatic nitrogens is 4. The van der Waals surface area contributed by atoms with E-state index in [2.05, 4.69) is 162 Å². The highest BCUT2D eigenvalue weighted by Crippen LogP contribution is 2.46. The van der Waals surface area contributed by atoms with Gasteiger partial charge < -0.3 is 8.98 Å². The summed E-state index contributed by atoms with van der Waals surface area (Å²) in [6, 6.07) is 72.8. The molecule has 4 heterocycles. The third-order valence-electron chi connectivity index (χ3n) is 12.3. The summed E-state index contributed by atoms with van der Waals surface area (Å²) < 4.78 is 11.1. The molecule has 63 heavy (non-hydrogen) atoms. The van der Waals surface area contributed by atoms with E-state index in [1.807, 2.05) is 59.9 Å². The Morgan fingerprint density at radius 2 is 0.905 bits per heavy atom. The van der Waals surface area contributed by atoms with Crippen LogP contribution in [0.15, 0.2) is 211 Å². The van der Waals surface area contributed by atoms with Crippen molar-refractivity contribution in [1.82, 2.24) is 19.5 Å². The first kappa shape index (κ1) is 35.6. The molecule has 0 aliphatic heterocycles. The molecule has 0 unspecified atom stereocenters. The number of para-hydroxylation sites is 3. The van der Waals surface area contributed by atoms with Gasteiger partial charge in [0.25, 0.3) is 0 Å². The Morgan fingerprint density at radius 1 is 0.349 bits per heavy atom. The van der Waals surface area contributed by atoms with E-state index >= 15 is 0 Å². The van der Waals surface area contributed by atoms with Crippen LogP contribution in [0.5, 0.6) is 0 Å². The van der Waals surface area contributed by atoms with E-state index in [0.717, 1.165) is 66.6 Å². The molecule has 0 amide bonds. The first-order chi connectivity index (χ1) is 31.2. The summed E-state index contributed by atoms with van der Waals surface area (Å²) >= 11 is 1.83. The average molecular weight is 823 g/mol. The van der Waals surface area contributed by atoms with Gasteiger partial charge in [-0.05, 0) is 71.3 Å². The van der Waals surface area contributed by atoms with Crippen LogP contribution in [0.1, 0.15) is 0 Å². The molecule has 13 aromatic rings. The monoisotopic (exact) mass is 822 g/mol. The minimum atomic E-state index is 0.603. The van der Waals surface area contributed by atoms with Crippen LogP contribution in [0.4, 0.5) is 0 Å². The van der Waals surface area contributed by atoms with Crippen molar-refractivity contribution in [3.05, 3.63) is 206 Å². The van der Waals surface area contributed by atoms with E-state index in [1.54, 1.807) is 0 Å². The van der Waals surface area contributed by atoms with E-state index in [0.29, 0.717) is 17.5 Å². The van der Waals surface area contributed by atoms with Crippen molar-refractivity contribution >= 4 is 75.3 Å². The fourth-order valence-electron chi connectivity index (χ4n) is 9.32. The molecule has 9 aromatic carbocycles. The van der Waals surface area contributed by atoms with Crippen LogP contribution in [0.2, 0.25) is 0 Å². The van der Waals surface area contributed by atoms with Crippen molar-refractivity contribution in [1.29, 1.82) is 0 Å². The summed E-state index contributed by atoms with van der Waals surface area (Å²) in [6.45, 7) is 0. The Bertz CT molecular complexity index is 3810. The molecule has 0 spiro atoms. The van der Waals surface area contributed by atoms with E-state index < -0.39 is 0 Å². The zero-order valence-corrected chi connectivity index (χ0v) is 34.6. The fourth-order valence-corrected chi connectivity index (χ4v) is 10.5. The zero-order chi connectivity index (χ0) is 41.4. The second-order valence-electron chi connectivity index (χ2n) is 15.9. The smallest absolute Gasteiger partial charge is 0.164 e. The molecule has 0 saturated carbocycles. The van der Waals surface area contributed by atoms with Gasteiger partial charge in [0.1, 0.15) is 11.2 Å². The maximum Gasteiger partial charge on any atom is 0.164 e. The normalized spacial score (nSPS) is 11.8. The minimum Gasteiger partial charge on any atom is -0.456 e. The molecule has 6 heteroatoms. The topological polar surface area (TPSA) is 56.7 Å². The molecule has 0 N–H and O–H groups in total. The van der Waals surface area contributed by atoms with Crippen molar-refractivity contribution in [2.24, 2.45) is 0 Å². The molecular formula is C57H34N4OS. The van der Waals surface area contributed by atoms with Crippen LogP contribution in [0.25, 0.3) is 126 Å². The Kier molecular flexibility index (Phi) is 8.01. The number of hydrogen-bond donors (Lipinski definition) is 0. The van der Waals surface area contributed by atoms with Crippen molar-refractivity contribution in [2.45, 2.75) is 0 Å². The van der Waals surface area contributed by atoms with E-state index in [9.17, 15) is 0 Å². The molecule has 0 radical (unpaired) electrons. The number of furan rings is 1. The number of nitrogens with zero attached hydrogens (tertiary/aromatic N) is 4. The number of fused-ring (bicyclic) bond motifs is 9. The second-order valence-corrected chi connectivity index (χ2v) is 17.0. The SMILES string of the molecule is c1ccc(-c2nc(-c3ccccc3)nc(-c3cc(-c4ccc5oc6ccccc6c5c4)ccc3-c3cc(-n4c5ccccc5c5ccccc54)cc4c3sc3ccccc34)n2)cc1. The van der Waals surface area contributed by atoms with Gasteiger partial charge >= 0.3 is 0 Å². The molecule has 0 saturated heterocycles. The van der Waals surface area contributed by atoms with Crippen LogP contribution in [0, 0.1) is 0 Å². The highest BCUT2D eigenvalue weighted by Gasteiger charge is 2.22. The van der Waals surface area contributed by atoms with Gasteiger partial charge in [-0.2, -0.15) is 0 Å². The van der Waals surface area contributed by atoms with E-state index in [-0.39, 0.29) is 0 Å². The van der Waals surface area contributed by atoms with Crippen molar-refractivity contribution in [2.75, 3.05) is 0 Å². The Labute approximate surface area is 365 Å². The third-order valence-corrected chi connectivity index (χ3v) is 13.5. The van der Waals surface area contributed by atoms with Crippen LogP contribution in [-0.2, 0) is 0 Å². The standard InChI is InChI=1S/C57H34N4OS/c1-3-15-35(16-4-1)55-58-56(36-17-5-2-6-18-36)60-57(59-55)48-32-37(38-28-30-52-45(31-38)43-21-9-13-25-51(43)62-52)27-29-40(48)46-33-39(34-47-44-22-10-14-26-53(44)63-54(46)47)61-49-23-11-7-19-41(49)42-20-8-12-24-50(42)61/h1-34H. The van der Waals surface area contributed by atoms with Crippen LogP contribution in [0.3, 0.4) is 0 Å². The quantitative estimate of drug-likeness (QED) is 0.168. The van der Waals surface area contributed by atoms with Crippen molar-refractivity contribution in [3.63, 3.8) is 0 Å². The first-order valence-corrected chi connectivity index (χ1v) is 21.9. The number of thiophene rings is 1. The van der Waals surface area contributed by atoms with Gasteiger partial charge in [0, 0.05) is 69.7 Å². The third kappa shape index (κ3) is 5.80. The molecule has 0 atom stereocenters. The first-order valence-electron chi connectivity index (χ1n) is 21.1. The molecular weight excluding hydrogens is 789 g/mol. The van der Waals surface area contributed by atoms with Gasteiger partial charge in [-0.1, -0.05) is 152 Å². The fraction of sp³-hybridized carbons (Fsp3) is 0. The molecule has 4 aromatic heterocycles. The minimum absolute atomic E-state index is 0.603. The van der Waals surface area contributed by atoms with Crippen molar-refractivity contribution in [3.8, 4) is 62.1 Å². The highest BCUT2D eigenvalue weighted by atomic mass is 32.1. The van der Waals surface area contributed by atoms with Gasteiger partial charge in [-0.3, -0.25) is 0 Å². The molecule has 13 rings (SSSR count). The van der Waals surface area contributed by atoms with Crippen LogP contribution < -0.4 is 0 Å².